The third kappa shape index (κ3) is 2.65. The van der Waals surface area contributed by atoms with Gasteiger partial charge in [-0.1, -0.05) is 0 Å². The Morgan fingerprint density at radius 3 is 2.44 bits per heavy atom. The number of hydrogen-bond donors (Lipinski definition) is 0. The average molecular weight is 352 g/mol. The van der Waals surface area contributed by atoms with E-state index in [1.54, 1.807) is 0 Å². The fraction of sp³-hybridized carbons (Fsp3) is 0.200. The van der Waals surface area contributed by atoms with Crippen LogP contribution in [0, 0.1) is 0 Å². The van der Waals surface area contributed by atoms with E-state index in [9.17, 15) is 27.6 Å². The van der Waals surface area contributed by atoms with Gasteiger partial charge in [0.2, 0.25) is 5.91 Å². The third-order valence-corrected chi connectivity index (χ3v) is 3.72. The molecule has 0 radical (unpaired) electrons. The van der Waals surface area contributed by atoms with Crippen molar-refractivity contribution in [3.8, 4) is 5.69 Å². The number of carbonyl (C=O) groups is 1. The first-order valence-electron chi connectivity index (χ1n) is 7.00. The van der Waals surface area contributed by atoms with Crippen LogP contribution in [0.25, 0.3) is 16.6 Å². The number of carbonyl (C=O) groups excluding carboxylic acids is 1. The number of nitrogens with zero attached hydrogens (tertiary/aromatic N) is 4. The quantitative estimate of drug-likeness (QED) is 0.666. The zero-order chi connectivity index (χ0) is 18.5. The minimum absolute atomic E-state index is 0.0369. The van der Waals surface area contributed by atoms with E-state index in [0.29, 0.717) is 26.1 Å². The van der Waals surface area contributed by atoms with Crippen molar-refractivity contribution in [1.82, 2.24) is 18.9 Å². The van der Waals surface area contributed by atoms with E-state index in [-0.39, 0.29) is 11.6 Å². The maximum absolute atomic E-state index is 12.9. The molecule has 0 saturated carbocycles. The van der Waals surface area contributed by atoms with Gasteiger partial charge in [0, 0.05) is 25.4 Å². The fourth-order valence-corrected chi connectivity index (χ4v) is 2.53. The molecule has 7 nitrogen and oxygen atoms in total. The Hall–Kier alpha value is -3.17. The van der Waals surface area contributed by atoms with Crippen molar-refractivity contribution < 1.29 is 18.0 Å². The van der Waals surface area contributed by atoms with Crippen molar-refractivity contribution in [1.29, 1.82) is 0 Å². The number of halogens is 3. The monoisotopic (exact) mass is 352 g/mol. The molecular weight excluding hydrogens is 341 g/mol. The lowest BCUT2D eigenvalue weighted by Gasteiger charge is -2.14. The van der Waals surface area contributed by atoms with Gasteiger partial charge in [-0.05, 0) is 18.2 Å². The number of benzene rings is 1. The number of fused-ring (bicyclic) bond motifs is 1. The number of rotatable bonds is 1. The molecule has 0 saturated heterocycles. The van der Waals surface area contributed by atoms with Gasteiger partial charge in [-0.15, -0.1) is 0 Å². The predicted molar refractivity (Wildman–Crippen MR) is 81.9 cm³/mol. The molecular formula is C15H11F3N4O3. The van der Waals surface area contributed by atoms with Crippen molar-refractivity contribution in [2.24, 2.45) is 7.05 Å². The Morgan fingerprint density at radius 1 is 1.16 bits per heavy atom. The van der Waals surface area contributed by atoms with Gasteiger partial charge >= 0.3 is 11.9 Å². The van der Waals surface area contributed by atoms with Gasteiger partial charge in [-0.25, -0.2) is 14.0 Å². The third-order valence-electron chi connectivity index (χ3n) is 3.72. The predicted octanol–water partition coefficient (Wildman–Crippen LogP) is 1.56. The molecule has 2 aromatic heterocycles. The first kappa shape index (κ1) is 16.7. The molecule has 130 valence electrons. The van der Waals surface area contributed by atoms with Crippen LogP contribution in [0.1, 0.15) is 17.4 Å². The summed E-state index contributed by atoms with van der Waals surface area (Å²) in [6, 6.07) is 4.61. The molecule has 0 N–H and O–H groups in total. The highest BCUT2D eigenvalue weighted by Gasteiger charge is 2.35. The Kier molecular flexibility index (Phi) is 3.62. The maximum atomic E-state index is 12.9. The smallest absolute Gasteiger partial charge is 0.292 e. The zero-order valence-electron chi connectivity index (χ0n) is 13.0. The van der Waals surface area contributed by atoms with Gasteiger partial charge in [0.1, 0.15) is 5.69 Å². The summed E-state index contributed by atoms with van der Waals surface area (Å²) in [5.41, 5.74) is -3.24. The molecule has 0 aliphatic heterocycles. The second-order valence-corrected chi connectivity index (χ2v) is 5.36. The van der Waals surface area contributed by atoms with Gasteiger partial charge in [0.05, 0.1) is 17.4 Å². The molecule has 3 rings (SSSR count). The number of alkyl halides is 3. The maximum Gasteiger partial charge on any atom is 0.431 e. The van der Waals surface area contributed by atoms with E-state index in [0.717, 1.165) is 11.7 Å². The molecule has 0 bridgehead atoms. The van der Waals surface area contributed by atoms with Crippen molar-refractivity contribution in [3.05, 3.63) is 57.0 Å². The topological polar surface area (TPSA) is 78.9 Å². The number of hydrogen-bond acceptors (Lipinski definition) is 4. The molecule has 0 spiro atoms. The Labute approximate surface area is 137 Å². The zero-order valence-corrected chi connectivity index (χ0v) is 13.0. The van der Waals surface area contributed by atoms with Crippen LogP contribution in [0.4, 0.5) is 13.2 Å². The standard InChI is InChI=1S/C15H11F3N4O3/c1-8(23)22-11-5-10(4-3-9(11)7-19-22)21-13(24)6-12(15(16,17)18)20(2)14(21)25/h3-7H,1-2H3. The van der Waals surface area contributed by atoms with Crippen LogP contribution in [0.3, 0.4) is 0 Å². The molecule has 0 aliphatic carbocycles. The van der Waals surface area contributed by atoms with E-state index >= 15 is 0 Å². The summed E-state index contributed by atoms with van der Waals surface area (Å²) >= 11 is 0. The van der Waals surface area contributed by atoms with Crippen molar-refractivity contribution in [2.75, 3.05) is 0 Å². The lowest BCUT2D eigenvalue weighted by atomic mass is 10.2. The Bertz CT molecular complexity index is 1120. The van der Waals surface area contributed by atoms with Gasteiger partial charge in [-0.2, -0.15) is 18.3 Å². The van der Waals surface area contributed by atoms with E-state index in [1.165, 1.54) is 31.3 Å². The van der Waals surface area contributed by atoms with Crippen LogP contribution in [-0.4, -0.2) is 24.8 Å². The van der Waals surface area contributed by atoms with Gasteiger partial charge in [0.15, 0.2) is 0 Å². The summed E-state index contributed by atoms with van der Waals surface area (Å²) in [4.78, 5) is 36.0. The van der Waals surface area contributed by atoms with Crippen molar-refractivity contribution in [3.63, 3.8) is 0 Å². The summed E-state index contributed by atoms with van der Waals surface area (Å²) in [6.07, 6.45) is -3.41. The highest BCUT2D eigenvalue weighted by molar-refractivity contribution is 5.90. The Morgan fingerprint density at radius 2 is 1.84 bits per heavy atom. The molecule has 0 atom stereocenters. The molecule has 0 aliphatic rings. The van der Waals surface area contributed by atoms with Crippen LogP contribution >= 0.6 is 0 Å². The van der Waals surface area contributed by atoms with Gasteiger partial charge < -0.3 is 0 Å². The van der Waals surface area contributed by atoms with Gasteiger partial charge in [0.25, 0.3) is 5.56 Å². The van der Waals surface area contributed by atoms with Crippen molar-refractivity contribution in [2.45, 2.75) is 13.1 Å². The Balaban J connectivity index is 2.31. The lowest BCUT2D eigenvalue weighted by Crippen LogP contribution is -2.40. The molecule has 0 fully saturated rings. The molecule has 2 heterocycles. The van der Waals surface area contributed by atoms with Crippen LogP contribution in [0.2, 0.25) is 0 Å². The molecule has 1 aromatic carbocycles. The molecule has 25 heavy (non-hydrogen) atoms. The summed E-state index contributed by atoms with van der Waals surface area (Å²) in [5, 5.41) is 4.47. The largest absolute Gasteiger partial charge is 0.431 e. The second kappa shape index (κ2) is 5.43. The minimum Gasteiger partial charge on any atom is -0.292 e. The summed E-state index contributed by atoms with van der Waals surface area (Å²) in [6.45, 7) is 1.28. The van der Waals surface area contributed by atoms with E-state index in [2.05, 4.69) is 5.10 Å². The highest BCUT2D eigenvalue weighted by atomic mass is 19.4. The molecule has 0 unspecified atom stereocenters. The highest BCUT2D eigenvalue weighted by Crippen LogP contribution is 2.27. The summed E-state index contributed by atoms with van der Waals surface area (Å²) in [7, 11) is 0.930. The van der Waals surface area contributed by atoms with E-state index < -0.39 is 23.1 Å². The molecule has 3 aromatic rings. The summed E-state index contributed by atoms with van der Waals surface area (Å²) in [5.74, 6) is -0.389. The minimum atomic E-state index is -4.83. The number of aromatic nitrogens is 4. The first-order chi connectivity index (χ1) is 11.6. The van der Waals surface area contributed by atoms with E-state index in [4.69, 9.17) is 0 Å². The second-order valence-electron chi connectivity index (χ2n) is 5.36. The molecule has 0 amide bonds. The van der Waals surface area contributed by atoms with Gasteiger partial charge in [-0.3, -0.25) is 14.2 Å². The SMILES string of the molecule is CC(=O)n1ncc2ccc(-n3c(=O)cc(C(F)(F)F)n(C)c3=O)cc21. The van der Waals surface area contributed by atoms with Crippen LogP contribution < -0.4 is 11.2 Å². The fourth-order valence-electron chi connectivity index (χ4n) is 2.53. The normalized spacial score (nSPS) is 11.9. The van der Waals surface area contributed by atoms with Crippen LogP contribution in [0.5, 0.6) is 0 Å². The van der Waals surface area contributed by atoms with Crippen molar-refractivity contribution >= 4 is 16.8 Å². The average Bonchev–Trinajstić information content (AvgIpc) is 2.93. The summed E-state index contributed by atoms with van der Waals surface area (Å²) < 4.78 is 40.7. The van der Waals surface area contributed by atoms with Crippen LogP contribution in [0.15, 0.2) is 40.1 Å². The molecule has 10 heteroatoms. The van der Waals surface area contributed by atoms with E-state index in [1.807, 2.05) is 0 Å². The lowest BCUT2D eigenvalue weighted by molar-refractivity contribution is -0.144. The first-order valence-corrected chi connectivity index (χ1v) is 7.00. The van der Waals surface area contributed by atoms with Crippen LogP contribution in [-0.2, 0) is 13.2 Å².